The molecule has 2 heterocycles. The van der Waals surface area contributed by atoms with Gasteiger partial charge < -0.3 is 5.73 Å². The number of nitrogens with two attached hydrogens (primary N) is 1. The molecule has 74 valence electrons. The number of thioether (sulfide) groups is 2. The Kier molecular flexibility index (Phi) is 3.50. The molecule has 0 spiro atoms. The molecule has 0 radical (unpaired) electrons. The fraction of sp³-hybridized carbons (Fsp3) is 0.300. The number of aromatic nitrogens is 1. The second-order valence-electron chi connectivity index (χ2n) is 3.01. The maximum absolute atomic E-state index is 5.79. The van der Waals surface area contributed by atoms with Crippen LogP contribution in [0.25, 0.3) is 0 Å². The van der Waals surface area contributed by atoms with Crippen LogP contribution in [0.3, 0.4) is 0 Å². The molecular formula is C10H12N2S2. The van der Waals surface area contributed by atoms with E-state index in [1.165, 1.54) is 0 Å². The van der Waals surface area contributed by atoms with Gasteiger partial charge in [-0.05, 0) is 22.9 Å². The SMILES string of the molecule is NCC(c1ccccn1)C1SC=CS1. The van der Waals surface area contributed by atoms with Gasteiger partial charge in [-0.2, -0.15) is 0 Å². The van der Waals surface area contributed by atoms with Crippen LogP contribution < -0.4 is 5.73 Å². The fourth-order valence-corrected chi connectivity index (χ4v) is 3.75. The zero-order valence-corrected chi connectivity index (χ0v) is 9.30. The fourth-order valence-electron chi connectivity index (χ4n) is 1.41. The van der Waals surface area contributed by atoms with Gasteiger partial charge in [0.1, 0.15) is 0 Å². The smallest absolute Gasteiger partial charge is 0.0680 e. The lowest BCUT2D eigenvalue weighted by molar-refractivity contribution is 0.735. The molecule has 0 amide bonds. The van der Waals surface area contributed by atoms with Crippen molar-refractivity contribution in [1.29, 1.82) is 0 Å². The summed E-state index contributed by atoms with van der Waals surface area (Å²) in [5, 5.41) is 4.25. The average molecular weight is 224 g/mol. The molecule has 0 saturated heterocycles. The highest BCUT2D eigenvalue weighted by Crippen LogP contribution is 2.41. The van der Waals surface area contributed by atoms with Crippen LogP contribution in [0.4, 0.5) is 0 Å². The zero-order valence-electron chi connectivity index (χ0n) is 7.67. The van der Waals surface area contributed by atoms with Crippen molar-refractivity contribution in [3.63, 3.8) is 0 Å². The van der Waals surface area contributed by atoms with Gasteiger partial charge in [0.05, 0.1) is 4.58 Å². The van der Waals surface area contributed by atoms with Gasteiger partial charge in [-0.25, -0.2) is 0 Å². The molecule has 2 N–H and O–H groups in total. The van der Waals surface area contributed by atoms with Crippen LogP contribution in [0.5, 0.6) is 0 Å². The monoisotopic (exact) mass is 224 g/mol. The standard InChI is InChI=1S/C10H12N2S2/c11-7-8(10-13-5-6-14-10)9-3-1-2-4-12-9/h1-6,8,10H,7,11H2. The number of pyridine rings is 1. The highest BCUT2D eigenvalue weighted by molar-refractivity contribution is 8.22. The van der Waals surface area contributed by atoms with Crippen molar-refractivity contribution in [3.8, 4) is 0 Å². The van der Waals surface area contributed by atoms with E-state index in [-0.39, 0.29) is 0 Å². The van der Waals surface area contributed by atoms with Gasteiger partial charge in [-0.1, -0.05) is 6.07 Å². The molecule has 1 unspecified atom stereocenters. The molecule has 0 saturated carbocycles. The average Bonchev–Trinajstić information content (AvgIpc) is 2.74. The third-order valence-corrected chi connectivity index (χ3v) is 4.75. The normalized spacial score (nSPS) is 18.6. The summed E-state index contributed by atoms with van der Waals surface area (Å²) in [6, 6.07) is 6.00. The number of nitrogens with zero attached hydrogens (tertiary/aromatic N) is 1. The minimum atomic E-state index is 0.348. The van der Waals surface area contributed by atoms with Crippen molar-refractivity contribution < 1.29 is 0 Å². The van der Waals surface area contributed by atoms with E-state index in [1.807, 2.05) is 41.9 Å². The Bertz CT molecular complexity index is 305. The second kappa shape index (κ2) is 4.87. The molecule has 1 aromatic rings. The lowest BCUT2D eigenvalue weighted by Crippen LogP contribution is -2.21. The van der Waals surface area contributed by atoms with Gasteiger partial charge >= 0.3 is 0 Å². The lowest BCUT2D eigenvalue weighted by atomic mass is 10.1. The summed E-state index contributed by atoms with van der Waals surface area (Å²) in [5.74, 6) is 0.348. The Morgan fingerprint density at radius 2 is 2.14 bits per heavy atom. The minimum Gasteiger partial charge on any atom is -0.330 e. The van der Waals surface area contributed by atoms with Crippen molar-refractivity contribution >= 4 is 23.5 Å². The molecule has 0 bridgehead atoms. The van der Waals surface area contributed by atoms with E-state index in [0.717, 1.165) is 5.69 Å². The summed E-state index contributed by atoms with van der Waals surface area (Å²) in [6.45, 7) is 0.656. The first-order valence-electron chi connectivity index (χ1n) is 4.49. The minimum absolute atomic E-state index is 0.348. The number of rotatable bonds is 3. The van der Waals surface area contributed by atoms with E-state index in [4.69, 9.17) is 5.73 Å². The number of hydrogen-bond donors (Lipinski definition) is 1. The maximum Gasteiger partial charge on any atom is 0.0680 e. The van der Waals surface area contributed by atoms with E-state index in [9.17, 15) is 0 Å². The van der Waals surface area contributed by atoms with E-state index in [1.54, 1.807) is 0 Å². The Balaban J connectivity index is 2.13. The van der Waals surface area contributed by atoms with Crippen molar-refractivity contribution in [2.75, 3.05) is 6.54 Å². The van der Waals surface area contributed by atoms with Crippen LogP contribution in [0.1, 0.15) is 11.6 Å². The van der Waals surface area contributed by atoms with Crippen LogP contribution in [0.2, 0.25) is 0 Å². The molecule has 0 fully saturated rings. The number of hydrogen-bond acceptors (Lipinski definition) is 4. The van der Waals surface area contributed by atoms with Crippen LogP contribution in [0, 0.1) is 0 Å². The quantitative estimate of drug-likeness (QED) is 0.855. The first kappa shape index (κ1) is 10.1. The molecule has 0 aliphatic carbocycles. The summed E-state index contributed by atoms with van der Waals surface area (Å²) in [6.07, 6.45) is 1.83. The Hall–Kier alpha value is -0.450. The van der Waals surface area contributed by atoms with Crippen molar-refractivity contribution in [2.24, 2.45) is 5.73 Å². The molecule has 1 aromatic heterocycles. The second-order valence-corrected chi connectivity index (χ2v) is 5.41. The van der Waals surface area contributed by atoms with Gasteiger partial charge in [-0.3, -0.25) is 4.98 Å². The maximum atomic E-state index is 5.79. The Morgan fingerprint density at radius 3 is 2.71 bits per heavy atom. The van der Waals surface area contributed by atoms with Crippen molar-refractivity contribution in [2.45, 2.75) is 10.5 Å². The molecule has 0 aromatic carbocycles. The first-order valence-corrected chi connectivity index (χ1v) is 6.37. The summed E-state index contributed by atoms with van der Waals surface area (Å²) in [4.78, 5) is 4.36. The van der Waals surface area contributed by atoms with E-state index >= 15 is 0 Å². The van der Waals surface area contributed by atoms with Crippen molar-refractivity contribution in [3.05, 3.63) is 40.9 Å². The topological polar surface area (TPSA) is 38.9 Å². The molecule has 2 rings (SSSR count). The molecule has 2 nitrogen and oxygen atoms in total. The molecule has 1 aliphatic rings. The van der Waals surface area contributed by atoms with Gasteiger partial charge in [0, 0.05) is 24.4 Å². The molecular weight excluding hydrogens is 212 g/mol. The van der Waals surface area contributed by atoms with Gasteiger partial charge in [0.25, 0.3) is 0 Å². The first-order chi connectivity index (χ1) is 6.92. The summed E-state index contributed by atoms with van der Waals surface area (Å²) >= 11 is 3.66. The predicted octanol–water partition coefficient (Wildman–Crippen LogP) is 2.40. The molecule has 14 heavy (non-hydrogen) atoms. The predicted molar refractivity (Wildman–Crippen MR) is 64.1 cm³/mol. The Labute approximate surface area is 92.4 Å². The van der Waals surface area contributed by atoms with Gasteiger partial charge in [0.15, 0.2) is 0 Å². The third-order valence-electron chi connectivity index (χ3n) is 2.13. The lowest BCUT2D eigenvalue weighted by Gasteiger charge is -2.19. The summed E-state index contributed by atoms with van der Waals surface area (Å²) < 4.78 is 0.495. The van der Waals surface area contributed by atoms with Crippen LogP contribution in [0.15, 0.2) is 35.2 Å². The highest BCUT2D eigenvalue weighted by atomic mass is 32.2. The van der Waals surface area contributed by atoms with E-state index in [0.29, 0.717) is 17.0 Å². The van der Waals surface area contributed by atoms with Crippen LogP contribution >= 0.6 is 23.5 Å². The van der Waals surface area contributed by atoms with Crippen LogP contribution in [-0.4, -0.2) is 16.1 Å². The summed E-state index contributed by atoms with van der Waals surface area (Å²) in [7, 11) is 0. The van der Waals surface area contributed by atoms with Crippen LogP contribution in [-0.2, 0) is 0 Å². The van der Waals surface area contributed by atoms with E-state index < -0.39 is 0 Å². The zero-order chi connectivity index (χ0) is 9.80. The van der Waals surface area contributed by atoms with Gasteiger partial charge in [-0.15, -0.1) is 23.5 Å². The van der Waals surface area contributed by atoms with E-state index in [2.05, 4.69) is 21.9 Å². The highest BCUT2D eigenvalue weighted by Gasteiger charge is 2.24. The Morgan fingerprint density at radius 1 is 1.36 bits per heavy atom. The van der Waals surface area contributed by atoms with Crippen molar-refractivity contribution in [1.82, 2.24) is 4.98 Å². The molecule has 1 aliphatic heterocycles. The molecule has 4 heteroatoms. The third kappa shape index (κ3) is 2.13. The van der Waals surface area contributed by atoms with Gasteiger partial charge in [0.2, 0.25) is 0 Å². The molecule has 1 atom stereocenters. The summed E-state index contributed by atoms with van der Waals surface area (Å²) in [5.41, 5.74) is 6.89. The largest absolute Gasteiger partial charge is 0.330 e.